The number of carbonyl (C=O) groups excluding carboxylic acids is 1. The van der Waals surface area contributed by atoms with Gasteiger partial charge in [0.15, 0.2) is 5.82 Å². The molecule has 26 heavy (non-hydrogen) atoms. The highest BCUT2D eigenvalue weighted by Crippen LogP contribution is 2.28. The van der Waals surface area contributed by atoms with Gasteiger partial charge in [-0.05, 0) is 40.2 Å². The van der Waals surface area contributed by atoms with E-state index in [1.54, 1.807) is 13.8 Å². The van der Waals surface area contributed by atoms with Crippen molar-refractivity contribution < 1.29 is 19.2 Å². The van der Waals surface area contributed by atoms with Crippen LogP contribution in [0.2, 0.25) is 0 Å². The molecule has 3 rings (SSSR count). The van der Waals surface area contributed by atoms with Crippen molar-refractivity contribution in [3.05, 3.63) is 26.6 Å². The first kappa shape index (κ1) is 19.0. The molecule has 8 heteroatoms. The zero-order valence-corrected chi connectivity index (χ0v) is 16.7. The van der Waals surface area contributed by atoms with E-state index in [2.05, 4.69) is 30.7 Å². The monoisotopic (exact) mass is 380 g/mol. The van der Waals surface area contributed by atoms with Gasteiger partial charge in [-0.3, -0.25) is 4.79 Å². The molecular formula is C18H26N3O4S+. The lowest BCUT2D eigenvalue weighted by Gasteiger charge is -2.35. The fourth-order valence-corrected chi connectivity index (χ4v) is 4.70. The summed E-state index contributed by atoms with van der Waals surface area (Å²) in [6.07, 6.45) is 0.345. The van der Waals surface area contributed by atoms with E-state index in [0.717, 1.165) is 13.1 Å². The fraction of sp³-hybridized carbons (Fsp3) is 0.611. The summed E-state index contributed by atoms with van der Waals surface area (Å²) >= 11 is 1.23. The number of aryl methyl sites for hydroxylation is 1. The molecule has 1 unspecified atom stereocenters. The number of nitrogens with one attached hydrogen (secondary N) is 2. The van der Waals surface area contributed by atoms with Gasteiger partial charge in [0, 0.05) is 0 Å². The van der Waals surface area contributed by atoms with Crippen molar-refractivity contribution >= 4 is 27.5 Å². The highest BCUT2D eigenvalue weighted by molar-refractivity contribution is 7.20. The molecule has 0 amide bonds. The third kappa shape index (κ3) is 3.54. The lowest BCUT2D eigenvalue weighted by atomic mass is 10.1. The highest BCUT2D eigenvalue weighted by atomic mass is 32.1. The van der Waals surface area contributed by atoms with Crippen LogP contribution in [0.1, 0.15) is 54.8 Å². The Bertz CT molecular complexity index is 865. The SMILES string of the molecule is CCOC(=O)c1sc2nc([C@@H](C)[NH+]3C[C@@H](C)O[C@@H](C)C3)[nH]c(=O)c2c1C. The number of esters is 1. The summed E-state index contributed by atoms with van der Waals surface area (Å²) < 4.78 is 10.9. The van der Waals surface area contributed by atoms with Gasteiger partial charge < -0.3 is 19.4 Å². The second kappa shape index (κ2) is 7.46. The van der Waals surface area contributed by atoms with Crippen molar-refractivity contribution in [2.45, 2.75) is 52.9 Å². The summed E-state index contributed by atoms with van der Waals surface area (Å²) in [4.78, 5) is 34.7. The van der Waals surface area contributed by atoms with Crippen LogP contribution >= 0.6 is 11.3 Å². The predicted octanol–water partition coefficient (Wildman–Crippen LogP) is 1.22. The number of aromatic amines is 1. The van der Waals surface area contributed by atoms with E-state index < -0.39 is 5.97 Å². The number of aromatic nitrogens is 2. The summed E-state index contributed by atoms with van der Waals surface area (Å²) in [5.74, 6) is 0.249. The molecular weight excluding hydrogens is 354 g/mol. The van der Waals surface area contributed by atoms with Crippen LogP contribution in [0.25, 0.3) is 10.2 Å². The topological polar surface area (TPSA) is 85.7 Å². The number of hydrogen-bond donors (Lipinski definition) is 2. The molecule has 2 N–H and O–H groups in total. The van der Waals surface area contributed by atoms with Gasteiger partial charge in [0.05, 0.1) is 12.0 Å². The standard InChI is InChI=1S/C18H25N3O4S/c1-6-24-18(23)14-11(4)13-16(22)19-15(20-17(13)26-14)12(5)21-7-9(2)25-10(3)8-21/h9-10,12H,6-8H2,1-5H3,(H,19,20,22)/p+1/t9-,10+,12-/m1/s1. The quantitative estimate of drug-likeness (QED) is 0.779. The average molecular weight is 380 g/mol. The van der Waals surface area contributed by atoms with E-state index in [1.165, 1.54) is 16.2 Å². The highest BCUT2D eigenvalue weighted by Gasteiger charge is 2.32. The van der Waals surface area contributed by atoms with Gasteiger partial charge in [0.25, 0.3) is 5.56 Å². The van der Waals surface area contributed by atoms with Crippen molar-refractivity contribution in [2.24, 2.45) is 0 Å². The smallest absolute Gasteiger partial charge is 0.348 e. The van der Waals surface area contributed by atoms with E-state index in [-0.39, 0.29) is 23.8 Å². The number of quaternary nitrogens is 1. The maximum absolute atomic E-state index is 12.7. The zero-order valence-electron chi connectivity index (χ0n) is 15.8. The van der Waals surface area contributed by atoms with Crippen LogP contribution in [0, 0.1) is 6.92 Å². The zero-order chi connectivity index (χ0) is 19.0. The molecule has 1 saturated heterocycles. The first-order chi connectivity index (χ1) is 12.3. The first-order valence-electron chi connectivity index (χ1n) is 9.02. The molecule has 0 saturated carbocycles. The molecule has 1 aliphatic rings. The van der Waals surface area contributed by atoms with Crippen LogP contribution < -0.4 is 10.5 Å². The van der Waals surface area contributed by atoms with Crippen LogP contribution in [0.5, 0.6) is 0 Å². The Kier molecular flexibility index (Phi) is 5.45. The Labute approximate surface area is 156 Å². The van der Waals surface area contributed by atoms with Crippen molar-refractivity contribution in [3.8, 4) is 0 Å². The minimum absolute atomic E-state index is 0.0364. The molecule has 7 nitrogen and oxygen atoms in total. The molecule has 0 bridgehead atoms. The summed E-state index contributed by atoms with van der Waals surface area (Å²) in [6.45, 7) is 11.8. The number of carbonyl (C=O) groups is 1. The third-order valence-electron chi connectivity index (χ3n) is 4.87. The first-order valence-corrected chi connectivity index (χ1v) is 9.83. The lowest BCUT2D eigenvalue weighted by Crippen LogP contribution is -3.15. The van der Waals surface area contributed by atoms with Crippen molar-refractivity contribution in [1.82, 2.24) is 9.97 Å². The number of ether oxygens (including phenoxy) is 2. The van der Waals surface area contributed by atoms with E-state index in [4.69, 9.17) is 9.47 Å². The maximum Gasteiger partial charge on any atom is 0.348 e. The summed E-state index contributed by atoms with van der Waals surface area (Å²) in [5.41, 5.74) is 0.437. The third-order valence-corrected chi connectivity index (χ3v) is 6.03. The van der Waals surface area contributed by atoms with Crippen LogP contribution in [-0.4, -0.2) is 47.8 Å². The largest absolute Gasteiger partial charge is 0.462 e. The van der Waals surface area contributed by atoms with Gasteiger partial charge in [0.2, 0.25) is 0 Å². The molecule has 1 aliphatic heterocycles. The average Bonchev–Trinajstić information content (AvgIpc) is 2.90. The molecule has 142 valence electrons. The van der Waals surface area contributed by atoms with Gasteiger partial charge in [0.1, 0.15) is 41.0 Å². The Hall–Kier alpha value is -1.77. The van der Waals surface area contributed by atoms with Gasteiger partial charge in [-0.1, -0.05) is 0 Å². The Morgan fingerprint density at radius 2 is 2.08 bits per heavy atom. The number of nitrogens with zero attached hydrogens (tertiary/aromatic N) is 1. The number of morpholine rings is 1. The molecule has 0 radical (unpaired) electrons. The molecule has 0 aromatic carbocycles. The number of rotatable bonds is 4. The maximum atomic E-state index is 12.7. The van der Waals surface area contributed by atoms with Crippen LogP contribution in [0.4, 0.5) is 0 Å². The number of fused-ring (bicyclic) bond motifs is 1. The predicted molar refractivity (Wildman–Crippen MR) is 100 cm³/mol. The number of thiophene rings is 1. The summed E-state index contributed by atoms with van der Waals surface area (Å²) in [5, 5.41) is 0.479. The molecule has 2 aromatic heterocycles. The second-order valence-corrected chi connectivity index (χ2v) is 7.95. The number of hydrogen-bond acceptors (Lipinski definition) is 6. The minimum atomic E-state index is -0.400. The summed E-state index contributed by atoms with van der Waals surface area (Å²) in [7, 11) is 0. The molecule has 1 fully saturated rings. The van der Waals surface area contributed by atoms with Gasteiger partial charge in [-0.25, -0.2) is 9.78 Å². The van der Waals surface area contributed by atoms with Gasteiger partial charge in [-0.2, -0.15) is 0 Å². The van der Waals surface area contributed by atoms with Crippen molar-refractivity contribution in [1.29, 1.82) is 0 Å². The molecule has 2 aromatic rings. The van der Waals surface area contributed by atoms with E-state index in [1.807, 2.05) is 0 Å². The Morgan fingerprint density at radius 1 is 1.42 bits per heavy atom. The van der Waals surface area contributed by atoms with Gasteiger partial charge >= 0.3 is 5.97 Å². The normalized spacial score (nSPS) is 24.6. The second-order valence-electron chi connectivity index (χ2n) is 6.95. The van der Waals surface area contributed by atoms with E-state index in [9.17, 15) is 9.59 Å². The summed E-state index contributed by atoms with van der Waals surface area (Å²) in [6, 6.07) is 0.0364. The van der Waals surface area contributed by atoms with Crippen LogP contribution in [-0.2, 0) is 9.47 Å². The van der Waals surface area contributed by atoms with E-state index >= 15 is 0 Å². The molecule has 0 spiro atoms. The van der Waals surface area contributed by atoms with Crippen molar-refractivity contribution in [3.63, 3.8) is 0 Å². The van der Waals surface area contributed by atoms with Crippen LogP contribution in [0.15, 0.2) is 4.79 Å². The Morgan fingerprint density at radius 3 is 2.69 bits per heavy atom. The molecule has 0 aliphatic carbocycles. The van der Waals surface area contributed by atoms with E-state index in [0.29, 0.717) is 33.1 Å². The fourth-order valence-electron chi connectivity index (χ4n) is 3.62. The van der Waals surface area contributed by atoms with Crippen LogP contribution in [0.3, 0.4) is 0 Å². The number of H-pyrrole nitrogens is 1. The van der Waals surface area contributed by atoms with Gasteiger partial charge in [-0.15, -0.1) is 11.3 Å². The minimum Gasteiger partial charge on any atom is -0.462 e. The molecule has 4 atom stereocenters. The molecule has 3 heterocycles. The Balaban J connectivity index is 1.98. The van der Waals surface area contributed by atoms with Crippen molar-refractivity contribution in [2.75, 3.05) is 19.7 Å². The lowest BCUT2D eigenvalue weighted by molar-refractivity contribution is -0.944.